The SMILES string of the molecule is CCCC(=O)OCC1(C)COC2(CCCCC2)O1. The normalized spacial score (nSPS) is 30.6. The van der Waals surface area contributed by atoms with Crippen LogP contribution < -0.4 is 0 Å². The van der Waals surface area contributed by atoms with Crippen molar-refractivity contribution < 1.29 is 19.0 Å². The van der Waals surface area contributed by atoms with Crippen LogP contribution in [0.15, 0.2) is 0 Å². The summed E-state index contributed by atoms with van der Waals surface area (Å²) in [5.74, 6) is -0.545. The summed E-state index contributed by atoms with van der Waals surface area (Å²) >= 11 is 0. The summed E-state index contributed by atoms with van der Waals surface area (Å²) in [5.41, 5.74) is -0.471. The van der Waals surface area contributed by atoms with Crippen molar-refractivity contribution in [1.82, 2.24) is 0 Å². The Morgan fingerprint density at radius 1 is 1.28 bits per heavy atom. The Balaban J connectivity index is 1.83. The fraction of sp³-hybridized carbons (Fsp3) is 0.929. The molecule has 1 saturated heterocycles. The predicted octanol–water partition coefficient (Wildman–Crippen LogP) is 2.80. The van der Waals surface area contributed by atoms with Crippen molar-refractivity contribution in [2.45, 2.75) is 70.2 Å². The first-order chi connectivity index (χ1) is 8.58. The van der Waals surface area contributed by atoms with Crippen LogP contribution in [0, 0.1) is 0 Å². The van der Waals surface area contributed by atoms with E-state index >= 15 is 0 Å². The molecule has 2 aliphatic rings. The van der Waals surface area contributed by atoms with E-state index in [4.69, 9.17) is 14.2 Å². The molecule has 1 unspecified atom stereocenters. The quantitative estimate of drug-likeness (QED) is 0.725. The van der Waals surface area contributed by atoms with Gasteiger partial charge in [0.1, 0.15) is 12.2 Å². The van der Waals surface area contributed by atoms with Crippen molar-refractivity contribution in [3.8, 4) is 0 Å². The number of rotatable bonds is 4. The summed E-state index contributed by atoms with van der Waals surface area (Å²) in [5, 5.41) is 0. The van der Waals surface area contributed by atoms with Crippen molar-refractivity contribution >= 4 is 5.97 Å². The molecule has 4 nitrogen and oxygen atoms in total. The first-order valence-electron chi connectivity index (χ1n) is 7.07. The fourth-order valence-corrected chi connectivity index (χ4v) is 2.71. The van der Waals surface area contributed by atoms with Crippen LogP contribution >= 0.6 is 0 Å². The van der Waals surface area contributed by atoms with Gasteiger partial charge in [0.05, 0.1) is 6.61 Å². The Morgan fingerprint density at radius 3 is 2.67 bits per heavy atom. The van der Waals surface area contributed by atoms with Crippen molar-refractivity contribution in [2.24, 2.45) is 0 Å². The van der Waals surface area contributed by atoms with Crippen molar-refractivity contribution in [2.75, 3.05) is 13.2 Å². The third-order valence-electron chi connectivity index (χ3n) is 3.68. The maximum absolute atomic E-state index is 11.4. The Labute approximate surface area is 109 Å². The Hall–Kier alpha value is -0.610. The highest BCUT2D eigenvalue weighted by molar-refractivity contribution is 5.69. The monoisotopic (exact) mass is 256 g/mol. The van der Waals surface area contributed by atoms with Crippen molar-refractivity contribution in [1.29, 1.82) is 0 Å². The van der Waals surface area contributed by atoms with E-state index in [0.29, 0.717) is 19.6 Å². The first kappa shape index (κ1) is 13.8. The molecule has 0 radical (unpaired) electrons. The summed E-state index contributed by atoms with van der Waals surface area (Å²) < 4.78 is 17.2. The number of hydrogen-bond acceptors (Lipinski definition) is 4. The lowest BCUT2D eigenvalue weighted by molar-refractivity contribution is -0.210. The maximum atomic E-state index is 11.4. The van der Waals surface area contributed by atoms with Gasteiger partial charge in [0.25, 0.3) is 0 Å². The van der Waals surface area contributed by atoms with Crippen LogP contribution in [0.3, 0.4) is 0 Å². The summed E-state index contributed by atoms with van der Waals surface area (Å²) in [7, 11) is 0. The van der Waals surface area contributed by atoms with Gasteiger partial charge in [0.15, 0.2) is 5.79 Å². The molecule has 1 aliphatic carbocycles. The number of carbonyl (C=O) groups is 1. The highest BCUT2D eigenvalue weighted by atomic mass is 16.8. The second-order valence-electron chi connectivity index (χ2n) is 5.72. The summed E-state index contributed by atoms with van der Waals surface area (Å²) in [4.78, 5) is 11.4. The largest absolute Gasteiger partial charge is 0.463 e. The van der Waals surface area contributed by atoms with Crippen LogP contribution in [0.25, 0.3) is 0 Å². The Bertz CT molecular complexity index is 296. The molecule has 1 atom stereocenters. The predicted molar refractivity (Wildman–Crippen MR) is 67.1 cm³/mol. The van der Waals surface area contributed by atoms with E-state index in [2.05, 4.69) is 0 Å². The van der Waals surface area contributed by atoms with Gasteiger partial charge in [0.2, 0.25) is 0 Å². The zero-order valence-electron chi connectivity index (χ0n) is 11.5. The highest BCUT2D eigenvalue weighted by Crippen LogP contribution is 2.41. The molecule has 0 bridgehead atoms. The molecular formula is C14H24O4. The molecular weight excluding hydrogens is 232 g/mol. The molecule has 1 saturated carbocycles. The molecule has 0 aromatic carbocycles. The Morgan fingerprint density at radius 2 is 2.00 bits per heavy atom. The smallest absolute Gasteiger partial charge is 0.305 e. The third kappa shape index (κ3) is 3.23. The van der Waals surface area contributed by atoms with Gasteiger partial charge in [-0.3, -0.25) is 4.79 Å². The van der Waals surface area contributed by atoms with Gasteiger partial charge in [-0.15, -0.1) is 0 Å². The minimum absolute atomic E-state index is 0.146. The zero-order chi connectivity index (χ0) is 13.1. The van der Waals surface area contributed by atoms with E-state index in [1.807, 2.05) is 13.8 Å². The van der Waals surface area contributed by atoms with Gasteiger partial charge in [0, 0.05) is 19.3 Å². The zero-order valence-corrected chi connectivity index (χ0v) is 11.5. The van der Waals surface area contributed by atoms with Crippen LogP contribution in [0.4, 0.5) is 0 Å². The van der Waals surface area contributed by atoms with E-state index in [-0.39, 0.29) is 5.97 Å². The number of esters is 1. The molecule has 104 valence electrons. The van der Waals surface area contributed by atoms with E-state index in [1.54, 1.807) is 0 Å². The van der Waals surface area contributed by atoms with Crippen LogP contribution in [-0.2, 0) is 19.0 Å². The molecule has 4 heteroatoms. The molecule has 2 fully saturated rings. The fourth-order valence-electron chi connectivity index (χ4n) is 2.71. The Kier molecular flexibility index (Phi) is 4.28. The maximum Gasteiger partial charge on any atom is 0.305 e. The lowest BCUT2D eigenvalue weighted by Gasteiger charge is -2.33. The van der Waals surface area contributed by atoms with E-state index in [1.165, 1.54) is 6.42 Å². The van der Waals surface area contributed by atoms with E-state index in [9.17, 15) is 4.79 Å². The highest BCUT2D eigenvalue weighted by Gasteiger charge is 2.48. The number of ether oxygens (including phenoxy) is 3. The average molecular weight is 256 g/mol. The van der Waals surface area contributed by atoms with Gasteiger partial charge < -0.3 is 14.2 Å². The van der Waals surface area contributed by atoms with Gasteiger partial charge >= 0.3 is 5.97 Å². The molecule has 1 spiro atoms. The van der Waals surface area contributed by atoms with E-state index in [0.717, 1.165) is 32.1 Å². The van der Waals surface area contributed by atoms with Gasteiger partial charge in [-0.05, 0) is 26.2 Å². The lowest BCUT2D eigenvalue weighted by atomic mass is 9.94. The van der Waals surface area contributed by atoms with Crippen LogP contribution in [0.2, 0.25) is 0 Å². The average Bonchev–Trinajstić information content (AvgIpc) is 2.67. The molecule has 0 N–H and O–H groups in total. The van der Waals surface area contributed by atoms with Crippen LogP contribution in [0.1, 0.15) is 58.8 Å². The van der Waals surface area contributed by atoms with Gasteiger partial charge in [-0.2, -0.15) is 0 Å². The first-order valence-corrected chi connectivity index (χ1v) is 7.07. The van der Waals surface area contributed by atoms with Crippen LogP contribution in [0.5, 0.6) is 0 Å². The molecule has 18 heavy (non-hydrogen) atoms. The van der Waals surface area contributed by atoms with Gasteiger partial charge in [-0.25, -0.2) is 0 Å². The van der Waals surface area contributed by atoms with Crippen molar-refractivity contribution in [3.05, 3.63) is 0 Å². The lowest BCUT2D eigenvalue weighted by Crippen LogP contribution is -2.39. The summed E-state index contributed by atoms with van der Waals surface area (Å²) in [6, 6.07) is 0. The topological polar surface area (TPSA) is 44.8 Å². The number of hydrogen-bond donors (Lipinski definition) is 0. The molecule has 2 rings (SSSR count). The second kappa shape index (κ2) is 5.57. The minimum Gasteiger partial charge on any atom is -0.463 e. The van der Waals surface area contributed by atoms with Gasteiger partial charge in [-0.1, -0.05) is 13.3 Å². The molecule has 1 heterocycles. The molecule has 0 aromatic heterocycles. The third-order valence-corrected chi connectivity index (χ3v) is 3.68. The standard InChI is InChI=1S/C14H24O4/c1-3-7-12(15)16-10-13(2)11-17-14(18-13)8-5-4-6-9-14/h3-11H2,1-2H3. The molecule has 1 aliphatic heterocycles. The number of carbonyl (C=O) groups excluding carboxylic acids is 1. The van der Waals surface area contributed by atoms with Crippen LogP contribution in [-0.4, -0.2) is 30.6 Å². The molecule has 0 amide bonds. The second-order valence-corrected chi connectivity index (χ2v) is 5.72. The minimum atomic E-state index is -0.471. The van der Waals surface area contributed by atoms with E-state index < -0.39 is 11.4 Å². The summed E-state index contributed by atoms with van der Waals surface area (Å²) in [6.45, 7) is 4.75. The summed E-state index contributed by atoms with van der Waals surface area (Å²) in [6.07, 6.45) is 6.80. The van der Waals surface area contributed by atoms with Crippen molar-refractivity contribution in [3.63, 3.8) is 0 Å². The molecule has 0 aromatic rings.